The molecule has 0 radical (unpaired) electrons. The topological polar surface area (TPSA) is 0 Å². The fraction of sp³-hybridized carbons (Fsp3) is 0.568. The zero-order valence-electron chi connectivity index (χ0n) is 23.7. The zero-order valence-corrected chi connectivity index (χ0v) is 23.7. The van der Waals surface area contributed by atoms with Crippen LogP contribution in [0.5, 0.6) is 0 Å². The Hall–Kier alpha value is -2.26. The number of benzene rings is 2. The molecule has 2 aliphatic carbocycles. The van der Waals surface area contributed by atoms with Gasteiger partial charge in [-0.3, -0.25) is 0 Å². The van der Waals surface area contributed by atoms with Crippen LogP contribution in [0.3, 0.4) is 0 Å². The Kier molecular flexibility index (Phi) is 11.4. The first kappa shape index (κ1) is 27.8. The van der Waals surface area contributed by atoms with Crippen molar-refractivity contribution in [3.63, 3.8) is 0 Å². The summed E-state index contributed by atoms with van der Waals surface area (Å²) in [5.74, 6) is 9.85. The van der Waals surface area contributed by atoms with Gasteiger partial charge in [0.1, 0.15) is 0 Å². The van der Waals surface area contributed by atoms with Crippen molar-refractivity contribution >= 4 is 0 Å². The molecule has 0 N–H and O–H groups in total. The van der Waals surface area contributed by atoms with Crippen LogP contribution in [0, 0.1) is 23.7 Å². The van der Waals surface area contributed by atoms with Crippen molar-refractivity contribution in [3.05, 3.63) is 82.9 Å². The van der Waals surface area contributed by atoms with Gasteiger partial charge < -0.3 is 0 Å². The first-order valence-electron chi connectivity index (χ1n) is 15.6. The number of allylic oxidation sites excluding steroid dienone is 2. The highest BCUT2D eigenvalue weighted by molar-refractivity contribution is 5.39. The first-order chi connectivity index (χ1) is 18.2. The third kappa shape index (κ3) is 8.92. The molecule has 0 nitrogen and oxygen atoms in total. The molecule has 0 aromatic heterocycles. The minimum absolute atomic E-state index is 0.689. The molecular formula is C37H50. The second kappa shape index (κ2) is 15.2. The average molecular weight is 495 g/mol. The van der Waals surface area contributed by atoms with Gasteiger partial charge in [0.25, 0.3) is 0 Å². The van der Waals surface area contributed by atoms with Crippen molar-refractivity contribution in [1.82, 2.24) is 0 Å². The summed E-state index contributed by atoms with van der Waals surface area (Å²) in [4.78, 5) is 0. The highest BCUT2D eigenvalue weighted by atomic mass is 14.3. The van der Waals surface area contributed by atoms with Crippen LogP contribution in [-0.2, 0) is 6.42 Å². The summed E-state index contributed by atoms with van der Waals surface area (Å²) in [6.45, 7) is 4.59. The second-order valence-corrected chi connectivity index (χ2v) is 11.9. The van der Waals surface area contributed by atoms with Gasteiger partial charge in [0, 0.05) is 5.56 Å². The molecule has 0 heteroatoms. The Labute approximate surface area is 228 Å². The third-order valence-electron chi connectivity index (χ3n) is 9.15. The highest BCUT2D eigenvalue weighted by Crippen LogP contribution is 2.38. The molecule has 2 fully saturated rings. The van der Waals surface area contributed by atoms with E-state index in [4.69, 9.17) is 0 Å². The number of rotatable bonds is 10. The lowest BCUT2D eigenvalue weighted by molar-refractivity contribution is 0.304. The van der Waals surface area contributed by atoms with Crippen molar-refractivity contribution in [3.8, 4) is 11.8 Å². The van der Waals surface area contributed by atoms with Crippen molar-refractivity contribution in [2.75, 3.05) is 0 Å². The summed E-state index contributed by atoms with van der Waals surface area (Å²) < 4.78 is 0. The third-order valence-corrected chi connectivity index (χ3v) is 9.15. The van der Waals surface area contributed by atoms with Crippen molar-refractivity contribution in [2.24, 2.45) is 11.8 Å². The monoisotopic (exact) mass is 494 g/mol. The van der Waals surface area contributed by atoms with Gasteiger partial charge in [0.2, 0.25) is 0 Å². The molecule has 0 amide bonds. The van der Waals surface area contributed by atoms with Crippen LogP contribution in [0.25, 0.3) is 0 Å². The Morgan fingerprint density at radius 1 is 0.676 bits per heavy atom. The van der Waals surface area contributed by atoms with Gasteiger partial charge in [-0.1, -0.05) is 100 Å². The molecule has 198 valence electrons. The largest absolute Gasteiger partial charge is 0.0730 e. The SMILES string of the molecule is CCCCCc1ccc(C2CCC(C=CC#Cc3ccc(C4CCC(CCCC)CC4)cc3)CC2)cc1. The molecule has 0 heterocycles. The molecule has 4 rings (SSSR count). The van der Waals surface area contributed by atoms with Gasteiger partial charge in [-0.2, -0.15) is 0 Å². The summed E-state index contributed by atoms with van der Waals surface area (Å²) >= 11 is 0. The Morgan fingerprint density at radius 3 is 1.89 bits per heavy atom. The smallest absolute Gasteiger partial charge is 0.0249 e. The van der Waals surface area contributed by atoms with Crippen molar-refractivity contribution < 1.29 is 0 Å². The van der Waals surface area contributed by atoms with Gasteiger partial charge in [0.15, 0.2) is 0 Å². The average Bonchev–Trinajstić information content (AvgIpc) is 2.96. The Bertz CT molecular complexity index is 981. The molecule has 0 aliphatic heterocycles. The van der Waals surface area contributed by atoms with E-state index in [1.54, 1.807) is 5.56 Å². The summed E-state index contributed by atoms with van der Waals surface area (Å²) in [6.07, 6.45) is 24.6. The van der Waals surface area contributed by atoms with Crippen LogP contribution < -0.4 is 0 Å². The molecule has 2 saturated carbocycles. The maximum absolute atomic E-state index is 3.37. The number of hydrogen-bond donors (Lipinski definition) is 0. The molecule has 2 aliphatic rings. The zero-order chi connectivity index (χ0) is 25.7. The van der Waals surface area contributed by atoms with E-state index in [1.165, 1.54) is 107 Å². The highest BCUT2D eigenvalue weighted by Gasteiger charge is 2.22. The number of aryl methyl sites for hydroxylation is 1. The van der Waals surface area contributed by atoms with E-state index in [0.717, 1.165) is 23.3 Å². The molecule has 2 aromatic carbocycles. The van der Waals surface area contributed by atoms with E-state index < -0.39 is 0 Å². The normalized spacial score (nSPS) is 24.1. The minimum Gasteiger partial charge on any atom is -0.0730 e. The predicted octanol–water partition coefficient (Wildman–Crippen LogP) is 10.8. The van der Waals surface area contributed by atoms with Gasteiger partial charge >= 0.3 is 0 Å². The van der Waals surface area contributed by atoms with Gasteiger partial charge in [0.05, 0.1) is 0 Å². The molecule has 0 saturated heterocycles. The van der Waals surface area contributed by atoms with Crippen molar-refractivity contribution in [2.45, 2.75) is 122 Å². The minimum atomic E-state index is 0.689. The summed E-state index contributed by atoms with van der Waals surface area (Å²) in [6, 6.07) is 18.7. The molecule has 2 aromatic rings. The van der Waals surface area contributed by atoms with Crippen LogP contribution in [-0.4, -0.2) is 0 Å². The van der Waals surface area contributed by atoms with Crippen LogP contribution in [0.15, 0.2) is 60.7 Å². The van der Waals surface area contributed by atoms with E-state index in [0.29, 0.717) is 5.92 Å². The van der Waals surface area contributed by atoms with Crippen molar-refractivity contribution in [1.29, 1.82) is 0 Å². The lowest BCUT2D eigenvalue weighted by atomic mass is 9.77. The molecular weight excluding hydrogens is 444 g/mol. The summed E-state index contributed by atoms with van der Waals surface area (Å²) in [5, 5.41) is 0. The Balaban J connectivity index is 1.18. The predicted molar refractivity (Wildman–Crippen MR) is 161 cm³/mol. The number of unbranched alkanes of at least 4 members (excludes halogenated alkanes) is 3. The second-order valence-electron chi connectivity index (χ2n) is 11.9. The number of hydrogen-bond acceptors (Lipinski definition) is 0. The van der Waals surface area contributed by atoms with E-state index in [9.17, 15) is 0 Å². The maximum Gasteiger partial charge on any atom is 0.0249 e. The molecule has 0 atom stereocenters. The van der Waals surface area contributed by atoms with E-state index >= 15 is 0 Å². The van der Waals surface area contributed by atoms with Crippen LogP contribution in [0.4, 0.5) is 0 Å². The molecule has 0 unspecified atom stereocenters. The van der Waals surface area contributed by atoms with Gasteiger partial charge in [-0.15, -0.1) is 0 Å². The standard InChI is InChI=1S/C37H50/c1-3-5-7-11-31-16-24-35(25-17-31)37-28-20-33(21-29-37)13-9-8-12-32-18-26-36(27-19-32)34-22-14-30(15-23-34)10-6-4-2/h9,13,16-19,24-27,30,33-34,37H,3-7,10-11,14-15,20-23,28-29H2,1-2H3. The summed E-state index contributed by atoms with van der Waals surface area (Å²) in [7, 11) is 0. The van der Waals surface area contributed by atoms with E-state index in [2.05, 4.69) is 86.4 Å². The fourth-order valence-electron chi connectivity index (χ4n) is 6.61. The fourth-order valence-corrected chi connectivity index (χ4v) is 6.61. The van der Waals surface area contributed by atoms with Gasteiger partial charge in [-0.25, -0.2) is 0 Å². The van der Waals surface area contributed by atoms with E-state index in [-0.39, 0.29) is 0 Å². The lowest BCUT2D eigenvalue weighted by Gasteiger charge is -2.28. The van der Waals surface area contributed by atoms with Crippen LogP contribution >= 0.6 is 0 Å². The molecule has 0 spiro atoms. The Morgan fingerprint density at radius 2 is 1.27 bits per heavy atom. The van der Waals surface area contributed by atoms with Crippen LogP contribution in [0.1, 0.15) is 138 Å². The maximum atomic E-state index is 3.37. The first-order valence-corrected chi connectivity index (χ1v) is 15.6. The quantitative estimate of drug-likeness (QED) is 0.227. The molecule has 37 heavy (non-hydrogen) atoms. The molecule has 0 bridgehead atoms. The van der Waals surface area contributed by atoms with Crippen LogP contribution in [0.2, 0.25) is 0 Å². The summed E-state index contributed by atoms with van der Waals surface area (Å²) in [5.41, 5.74) is 5.73. The van der Waals surface area contributed by atoms with Gasteiger partial charge in [-0.05, 0) is 123 Å². The lowest BCUT2D eigenvalue weighted by Crippen LogP contribution is -2.13. The van der Waals surface area contributed by atoms with E-state index in [1.807, 2.05) is 0 Å².